The Morgan fingerprint density at radius 2 is 1.89 bits per heavy atom. The molecule has 0 spiro atoms. The Morgan fingerprint density at radius 1 is 1.22 bits per heavy atom. The number of benzene rings is 1. The molecule has 0 bridgehead atoms. The summed E-state index contributed by atoms with van der Waals surface area (Å²) in [7, 11) is 0. The topological polar surface area (TPSA) is 27.3 Å². The first-order valence-corrected chi connectivity index (χ1v) is 7.06. The van der Waals surface area contributed by atoms with E-state index >= 15 is 0 Å². The lowest BCUT2D eigenvalue weighted by Crippen LogP contribution is -2.39. The van der Waals surface area contributed by atoms with Crippen molar-refractivity contribution in [2.75, 3.05) is 5.88 Å². The quantitative estimate of drug-likeness (QED) is 0.838. The van der Waals surface area contributed by atoms with Gasteiger partial charge >= 0.3 is 0 Å². The SMILES string of the molecule is ClCC1=C(c2c(Cl)cccc2Cl)NNN1C1CC1. The van der Waals surface area contributed by atoms with E-state index in [9.17, 15) is 0 Å². The molecule has 0 aromatic heterocycles. The van der Waals surface area contributed by atoms with Crippen LogP contribution >= 0.6 is 34.8 Å². The number of hydrazine groups is 2. The van der Waals surface area contributed by atoms with Crippen LogP contribution in [0.2, 0.25) is 10.0 Å². The van der Waals surface area contributed by atoms with Crippen LogP contribution in [0.25, 0.3) is 5.70 Å². The average Bonchev–Trinajstić information content (AvgIpc) is 3.10. The minimum atomic E-state index is 0.410. The molecule has 0 radical (unpaired) electrons. The maximum Gasteiger partial charge on any atom is 0.0826 e. The van der Waals surface area contributed by atoms with Gasteiger partial charge in [0.1, 0.15) is 0 Å². The van der Waals surface area contributed by atoms with Crippen LogP contribution in [0.5, 0.6) is 0 Å². The van der Waals surface area contributed by atoms with E-state index in [4.69, 9.17) is 34.8 Å². The van der Waals surface area contributed by atoms with Crippen LogP contribution in [0.1, 0.15) is 18.4 Å². The molecular weight excluding hydrogens is 293 g/mol. The van der Waals surface area contributed by atoms with Crippen molar-refractivity contribution in [2.45, 2.75) is 18.9 Å². The molecule has 1 fully saturated rings. The summed E-state index contributed by atoms with van der Waals surface area (Å²) in [5, 5.41) is 3.31. The molecule has 1 saturated carbocycles. The first-order valence-electron chi connectivity index (χ1n) is 5.76. The molecule has 0 amide bonds. The molecular formula is C12H12Cl3N3. The number of alkyl halides is 1. The van der Waals surface area contributed by atoms with Crippen molar-refractivity contribution in [1.82, 2.24) is 16.0 Å². The van der Waals surface area contributed by atoms with E-state index in [0.29, 0.717) is 22.0 Å². The van der Waals surface area contributed by atoms with Crippen molar-refractivity contribution in [3.63, 3.8) is 0 Å². The number of nitrogens with one attached hydrogen (secondary N) is 2. The minimum Gasteiger partial charge on any atom is -0.301 e. The van der Waals surface area contributed by atoms with Crippen LogP contribution in [-0.2, 0) is 0 Å². The molecule has 1 aliphatic carbocycles. The normalized spacial score (nSPS) is 19.4. The summed E-state index contributed by atoms with van der Waals surface area (Å²) >= 11 is 18.5. The molecule has 0 unspecified atom stereocenters. The average molecular weight is 305 g/mol. The fraction of sp³-hybridized carbons (Fsp3) is 0.333. The molecule has 0 saturated heterocycles. The molecule has 2 N–H and O–H groups in total. The van der Waals surface area contributed by atoms with Gasteiger partial charge in [0.15, 0.2) is 0 Å². The Bertz CT molecular complexity index is 491. The smallest absolute Gasteiger partial charge is 0.0826 e. The minimum absolute atomic E-state index is 0.410. The van der Waals surface area contributed by atoms with Crippen LogP contribution < -0.4 is 11.0 Å². The Labute approximate surface area is 121 Å². The number of allylic oxidation sites excluding steroid dienone is 1. The lowest BCUT2D eigenvalue weighted by Gasteiger charge is -2.18. The van der Waals surface area contributed by atoms with E-state index in [1.165, 1.54) is 12.8 Å². The molecule has 96 valence electrons. The van der Waals surface area contributed by atoms with Crippen LogP contribution in [0, 0.1) is 0 Å². The van der Waals surface area contributed by atoms with E-state index in [0.717, 1.165) is 17.0 Å². The fourth-order valence-corrected chi connectivity index (χ4v) is 2.94. The first kappa shape index (κ1) is 12.4. The van der Waals surface area contributed by atoms with Crippen molar-refractivity contribution in [1.29, 1.82) is 0 Å². The Hall–Kier alpha value is -0.610. The second-order valence-corrected chi connectivity index (χ2v) is 5.47. The van der Waals surface area contributed by atoms with Gasteiger partial charge in [0.2, 0.25) is 0 Å². The van der Waals surface area contributed by atoms with Gasteiger partial charge in [-0.25, -0.2) is 0 Å². The van der Waals surface area contributed by atoms with Crippen molar-refractivity contribution >= 4 is 40.5 Å². The summed E-state index contributed by atoms with van der Waals surface area (Å²) in [5.41, 5.74) is 8.92. The Kier molecular flexibility index (Phi) is 3.32. The van der Waals surface area contributed by atoms with Gasteiger partial charge in [-0.1, -0.05) is 29.3 Å². The van der Waals surface area contributed by atoms with Gasteiger partial charge in [-0.3, -0.25) is 5.01 Å². The zero-order valence-electron chi connectivity index (χ0n) is 9.51. The molecule has 1 aliphatic heterocycles. The third-order valence-corrected chi connectivity index (χ3v) is 4.02. The zero-order chi connectivity index (χ0) is 12.7. The lowest BCUT2D eigenvalue weighted by atomic mass is 10.1. The highest BCUT2D eigenvalue weighted by atomic mass is 35.5. The summed E-state index contributed by atoms with van der Waals surface area (Å²) in [4.78, 5) is 0. The van der Waals surface area contributed by atoms with E-state index in [1.807, 2.05) is 18.2 Å². The van der Waals surface area contributed by atoms with Crippen LogP contribution in [0.4, 0.5) is 0 Å². The molecule has 18 heavy (non-hydrogen) atoms. The predicted octanol–water partition coefficient (Wildman–Crippen LogP) is 3.39. The van der Waals surface area contributed by atoms with Gasteiger partial charge in [0.25, 0.3) is 0 Å². The Morgan fingerprint density at radius 3 is 2.44 bits per heavy atom. The van der Waals surface area contributed by atoms with Gasteiger partial charge < -0.3 is 5.43 Å². The van der Waals surface area contributed by atoms with Crippen molar-refractivity contribution in [3.8, 4) is 0 Å². The van der Waals surface area contributed by atoms with E-state index in [-0.39, 0.29) is 0 Å². The number of halogens is 3. The Balaban J connectivity index is 2.06. The van der Waals surface area contributed by atoms with Crippen LogP contribution in [0.15, 0.2) is 23.9 Å². The molecule has 3 nitrogen and oxygen atoms in total. The number of hydrogen-bond donors (Lipinski definition) is 2. The summed E-state index contributed by atoms with van der Waals surface area (Å²) in [5.74, 6) is 0.410. The van der Waals surface area contributed by atoms with Gasteiger partial charge in [-0.2, -0.15) is 0 Å². The highest BCUT2D eigenvalue weighted by molar-refractivity contribution is 6.37. The molecule has 1 aromatic carbocycles. The lowest BCUT2D eigenvalue weighted by molar-refractivity contribution is 0.243. The summed E-state index contributed by atoms with van der Waals surface area (Å²) in [6.45, 7) is 0. The first-order chi connectivity index (χ1) is 8.72. The van der Waals surface area contributed by atoms with Crippen molar-refractivity contribution < 1.29 is 0 Å². The molecule has 2 aliphatic rings. The second-order valence-electron chi connectivity index (χ2n) is 4.39. The summed E-state index contributed by atoms with van der Waals surface area (Å²) < 4.78 is 0. The molecule has 0 atom stereocenters. The predicted molar refractivity (Wildman–Crippen MR) is 75.2 cm³/mol. The standard InChI is InChI=1S/C12H12Cl3N3/c13-6-10-12(16-17-18(10)7-4-5-7)11-8(14)2-1-3-9(11)15/h1-3,7,16-17H,4-6H2. The van der Waals surface area contributed by atoms with Crippen molar-refractivity contribution in [2.24, 2.45) is 0 Å². The van der Waals surface area contributed by atoms with Crippen LogP contribution in [0.3, 0.4) is 0 Å². The molecule has 1 heterocycles. The number of rotatable bonds is 3. The zero-order valence-corrected chi connectivity index (χ0v) is 11.8. The van der Waals surface area contributed by atoms with Gasteiger partial charge in [0, 0.05) is 11.6 Å². The van der Waals surface area contributed by atoms with Gasteiger partial charge in [-0.15, -0.1) is 17.1 Å². The van der Waals surface area contributed by atoms with E-state index < -0.39 is 0 Å². The molecule has 3 rings (SSSR count). The third-order valence-electron chi connectivity index (χ3n) is 3.13. The van der Waals surface area contributed by atoms with Crippen molar-refractivity contribution in [3.05, 3.63) is 39.5 Å². The fourth-order valence-electron chi connectivity index (χ4n) is 2.10. The monoisotopic (exact) mass is 303 g/mol. The van der Waals surface area contributed by atoms with Gasteiger partial charge in [0.05, 0.1) is 27.3 Å². The highest BCUT2D eigenvalue weighted by Gasteiger charge is 2.36. The van der Waals surface area contributed by atoms with E-state index in [2.05, 4.69) is 16.0 Å². The van der Waals surface area contributed by atoms with Gasteiger partial charge in [-0.05, 0) is 25.0 Å². The van der Waals surface area contributed by atoms with Crippen LogP contribution in [-0.4, -0.2) is 16.9 Å². The number of hydrogen-bond acceptors (Lipinski definition) is 3. The summed E-state index contributed by atoms with van der Waals surface area (Å²) in [6, 6.07) is 5.99. The maximum absolute atomic E-state index is 6.23. The molecule has 1 aromatic rings. The molecule has 6 heteroatoms. The second kappa shape index (κ2) is 4.82. The highest BCUT2D eigenvalue weighted by Crippen LogP contribution is 2.37. The number of nitrogens with zero attached hydrogens (tertiary/aromatic N) is 1. The largest absolute Gasteiger partial charge is 0.301 e. The maximum atomic E-state index is 6.23. The summed E-state index contributed by atoms with van der Waals surface area (Å²) in [6.07, 6.45) is 2.36. The third kappa shape index (κ3) is 2.05. The van der Waals surface area contributed by atoms with E-state index in [1.54, 1.807) is 0 Å².